The Morgan fingerprint density at radius 2 is 2.06 bits per heavy atom. The highest BCUT2D eigenvalue weighted by atomic mass is 35.5. The van der Waals surface area contributed by atoms with Gasteiger partial charge in [-0.25, -0.2) is 0 Å². The van der Waals surface area contributed by atoms with Crippen LogP contribution in [0.25, 0.3) is 0 Å². The molecule has 1 aromatic heterocycles. The Morgan fingerprint density at radius 1 is 1.31 bits per heavy atom. The fraction of sp³-hybridized carbons (Fsp3) is 0.545. The van der Waals surface area contributed by atoms with Crippen LogP contribution in [0.2, 0.25) is 10.0 Å². The first-order valence-corrected chi connectivity index (χ1v) is 6.11. The summed E-state index contributed by atoms with van der Waals surface area (Å²) in [5, 5.41) is 3.82. The molecular weight excluding hydrogens is 247 g/mol. The van der Waals surface area contributed by atoms with Gasteiger partial charge in [0.1, 0.15) is 10.8 Å². The Hall–Kier alpha value is -0.670. The third kappa shape index (κ3) is 3.72. The number of unbranched alkanes of at least 4 members (excludes halogenated alkanes) is 2. The Balaban J connectivity index is 2.64. The van der Waals surface area contributed by atoms with Crippen LogP contribution in [0, 0.1) is 0 Å². The van der Waals surface area contributed by atoms with Crippen molar-refractivity contribution in [1.29, 1.82) is 0 Å². The molecule has 0 aromatic carbocycles. The molecule has 3 nitrogen and oxygen atoms in total. The van der Waals surface area contributed by atoms with Crippen LogP contribution < -0.4 is 10.1 Å². The van der Waals surface area contributed by atoms with E-state index in [0.29, 0.717) is 28.3 Å². The molecule has 0 unspecified atom stereocenters. The lowest BCUT2D eigenvalue weighted by Gasteiger charge is -2.09. The molecule has 1 aromatic rings. The average molecular weight is 263 g/mol. The summed E-state index contributed by atoms with van der Waals surface area (Å²) in [5.74, 6) is 1.02. The summed E-state index contributed by atoms with van der Waals surface area (Å²) >= 11 is 11.9. The zero-order valence-electron chi connectivity index (χ0n) is 9.52. The van der Waals surface area contributed by atoms with E-state index in [2.05, 4.69) is 17.2 Å². The molecule has 1 rings (SSSR count). The van der Waals surface area contributed by atoms with Crippen LogP contribution in [0.1, 0.15) is 26.2 Å². The van der Waals surface area contributed by atoms with Crippen LogP contribution in [0.3, 0.4) is 0 Å². The van der Waals surface area contributed by atoms with Gasteiger partial charge in [-0.05, 0) is 12.5 Å². The molecule has 1 N–H and O–H groups in total. The summed E-state index contributed by atoms with van der Waals surface area (Å²) in [6.07, 6.45) is 3.31. The summed E-state index contributed by atoms with van der Waals surface area (Å²) in [5.41, 5.74) is 0. The Labute approximate surface area is 106 Å². The molecular formula is C11H16Cl2N2O. The number of nitrogens with zero attached hydrogens (tertiary/aromatic N) is 1. The van der Waals surface area contributed by atoms with E-state index in [4.69, 9.17) is 27.9 Å². The van der Waals surface area contributed by atoms with Crippen molar-refractivity contribution in [3.05, 3.63) is 16.1 Å². The molecule has 0 spiro atoms. The van der Waals surface area contributed by atoms with Gasteiger partial charge in [0.2, 0.25) is 5.88 Å². The van der Waals surface area contributed by atoms with E-state index in [-0.39, 0.29) is 0 Å². The van der Waals surface area contributed by atoms with Gasteiger partial charge in [-0.1, -0.05) is 43.0 Å². The minimum atomic E-state index is 0.437. The van der Waals surface area contributed by atoms with Crippen LogP contribution in [0.4, 0.5) is 5.82 Å². The molecule has 16 heavy (non-hydrogen) atoms. The van der Waals surface area contributed by atoms with E-state index >= 15 is 0 Å². The van der Waals surface area contributed by atoms with Crippen LogP contribution in [0.5, 0.6) is 5.88 Å². The summed E-state index contributed by atoms with van der Waals surface area (Å²) in [6.45, 7) is 2.78. The van der Waals surface area contributed by atoms with Gasteiger partial charge in [0.25, 0.3) is 0 Å². The number of hydrogen-bond acceptors (Lipinski definition) is 3. The number of halogens is 2. The van der Waals surface area contributed by atoms with E-state index in [1.54, 1.807) is 13.1 Å². The van der Waals surface area contributed by atoms with E-state index in [0.717, 1.165) is 19.3 Å². The van der Waals surface area contributed by atoms with Crippen molar-refractivity contribution in [3.63, 3.8) is 0 Å². The lowest BCUT2D eigenvalue weighted by atomic mass is 10.3. The molecule has 0 atom stereocenters. The van der Waals surface area contributed by atoms with Crippen molar-refractivity contribution >= 4 is 29.0 Å². The quantitative estimate of drug-likeness (QED) is 0.787. The van der Waals surface area contributed by atoms with E-state index < -0.39 is 0 Å². The highest BCUT2D eigenvalue weighted by Gasteiger charge is 2.09. The molecule has 1 heterocycles. The predicted octanol–water partition coefficient (Wildman–Crippen LogP) is 4.00. The van der Waals surface area contributed by atoms with Crippen molar-refractivity contribution in [2.24, 2.45) is 0 Å². The second-order valence-electron chi connectivity index (χ2n) is 3.41. The Kier molecular flexibility index (Phi) is 5.71. The molecule has 0 bridgehead atoms. The molecule has 0 aliphatic carbocycles. The van der Waals surface area contributed by atoms with Gasteiger partial charge in [-0.3, -0.25) is 0 Å². The lowest BCUT2D eigenvalue weighted by molar-refractivity contribution is 0.295. The molecule has 0 saturated heterocycles. The first kappa shape index (κ1) is 13.4. The third-order valence-corrected chi connectivity index (χ3v) is 2.68. The van der Waals surface area contributed by atoms with Gasteiger partial charge >= 0.3 is 0 Å². The topological polar surface area (TPSA) is 34.1 Å². The van der Waals surface area contributed by atoms with Crippen LogP contribution in [-0.2, 0) is 0 Å². The van der Waals surface area contributed by atoms with Crippen LogP contribution in [-0.4, -0.2) is 18.6 Å². The first-order valence-electron chi connectivity index (χ1n) is 5.35. The number of rotatable bonds is 6. The van der Waals surface area contributed by atoms with E-state index in [9.17, 15) is 0 Å². The van der Waals surface area contributed by atoms with E-state index in [1.165, 1.54) is 0 Å². The highest BCUT2D eigenvalue weighted by molar-refractivity contribution is 6.36. The van der Waals surface area contributed by atoms with Crippen LogP contribution >= 0.6 is 23.2 Å². The third-order valence-electron chi connectivity index (χ3n) is 2.12. The van der Waals surface area contributed by atoms with Crippen molar-refractivity contribution in [2.75, 3.05) is 19.0 Å². The normalized spacial score (nSPS) is 10.2. The predicted molar refractivity (Wildman–Crippen MR) is 68.8 cm³/mol. The Bertz CT molecular complexity index is 345. The zero-order valence-corrected chi connectivity index (χ0v) is 11.0. The number of anilines is 1. The monoisotopic (exact) mass is 262 g/mol. The average Bonchev–Trinajstić information content (AvgIpc) is 2.27. The first-order chi connectivity index (χ1) is 7.69. The molecule has 0 aliphatic heterocycles. The largest absolute Gasteiger partial charge is 0.477 e. The molecule has 90 valence electrons. The smallest absolute Gasteiger partial charge is 0.234 e. The second kappa shape index (κ2) is 6.81. The molecule has 5 heteroatoms. The van der Waals surface area contributed by atoms with Gasteiger partial charge in [0.15, 0.2) is 0 Å². The van der Waals surface area contributed by atoms with Gasteiger partial charge in [0, 0.05) is 7.05 Å². The number of hydrogen-bond donors (Lipinski definition) is 1. The molecule has 0 radical (unpaired) electrons. The molecule has 0 fully saturated rings. The molecule has 0 saturated carbocycles. The summed E-state index contributed by atoms with van der Waals surface area (Å²) in [4.78, 5) is 4.19. The second-order valence-corrected chi connectivity index (χ2v) is 4.23. The summed E-state index contributed by atoms with van der Waals surface area (Å²) in [7, 11) is 1.75. The maximum absolute atomic E-state index is 5.97. The zero-order chi connectivity index (χ0) is 12.0. The maximum Gasteiger partial charge on any atom is 0.234 e. The fourth-order valence-electron chi connectivity index (χ4n) is 1.25. The van der Waals surface area contributed by atoms with Crippen molar-refractivity contribution in [1.82, 2.24) is 4.98 Å². The number of aromatic nitrogens is 1. The van der Waals surface area contributed by atoms with Gasteiger partial charge < -0.3 is 10.1 Å². The van der Waals surface area contributed by atoms with Gasteiger partial charge in [-0.15, -0.1) is 0 Å². The summed E-state index contributed by atoms with van der Waals surface area (Å²) < 4.78 is 5.49. The van der Waals surface area contributed by atoms with Gasteiger partial charge in [-0.2, -0.15) is 4.98 Å². The van der Waals surface area contributed by atoms with Crippen molar-refractivity contribution in [3.8, 4) is 5.88 Å². The number of ether oxygens (including phenoxy) is 1. The molecule has 0 aliphatic rings. The fourth-order valence-corrected chi connectivity index (χ4v) is 1.75. The standard InChI is InChI=1S/C11H16Cl2N2O/c1-3-4-5-6-16-11-9(13)7-8(12)10(14-2)15-11/h7H,3-6H2,1-2H3,(H,14,15). The highest BCUT2D eigenvalue weighted by Crippen LogP contribution is 2.30. The van der Waals surface area contributed by atoms with Gasteiger partial charge in [0.05, 0.1) is 11.6 Å². The Morgan fingerprint density at radius 3 is 2.69 bits per heavy atom. The maximum atomic E-state index is 5.97. The SMILES string of the molecule is CCCCCOc1nc(NC)c(Cl)cc1Cl. The number of pyridine rings is 1. The number of nitrogens with one attached hydrogen (secondary N) is 1. The summed E-state index contributed by atoms with van der Waals surface area (Å²) in [6, 6.07) is 1.64. The van der Waals surface area contributed by atoms with E-state index in [1.807, 2.05) is 0 Å². The minimum Gasteiger partial charge on any atom is -0.477 e. The van der Waals surface area contributed by atoms with Crippen molar-refractivity contribution in [2.45, 2.75) is 26.2 Å². The minimum absolute atomic E-state index is 0.437. The van der Waals surface area contributed by atoms with Crippen molar-refractivity contribution < 1.29 is 4.74 Å². The van der Waals surface area contributed by atoms with Crippen LogP contribution in [0.15, 0.2) is 6.07 Å². The molecule has 0 amide bonds. The lowest BCUT2D eigenvalue weighted by Crippen LogP contribution is -2.02.